The van der Waals surface area contributed by atoms with Crippen LogP contribution < -0.4 is 0 Å². The molecule has 5 aromatic heterocycles. The van der Waals surface area contributed by atoms with Crippen molar-refractivity contribution in [3.63, 3.8) is 0 Å². The van der Waals surface area contributed by atoms with E-state index in [-0.39, 0.29) is 5.82 Å². The predicted octanol–water partition coefficient (Wildman–Crippen LogP) is 4.37. The minimum absolute atomic E-state index is 0.319. The van der Waals surface area contributed by atoms with Crippen LogP contribution in [-0.4, -0.2) is 39.1 Å². The van der Waals surface area contributed by atoms with Gasteiger partial charge in [-0.25, -0.2) is 4.39 Å². The Kier molecular flexibility index (Phi) is 4.47. The number of benzene rings is 1. The number of fused-ring (bicyclic) bond motifs is 2. The molecule has 0 N–H and O–H groups in total. The zero-order valence-corrected chi connectivity index (χ0v) is 18.5. The Bertz CT molecular complexity index is 1650. The summed E-state index contributed by atoms with van der Waals surface area (Å²) in [5.41, 5.74) is 4.45. The third-order valence-electron chi connectivity index (χ3n) is 5.41. The summed E-state index contributed by atoms with van der Waals surface area (Å²) in [5.74, 6) is -0.319. The summed E-state index contributed by atoms with van der Waals surface area (Å²) in [4.78, 5) is 5.28. The van der Waals surface area contributed by atoms with Crippen molar-refractivity contribution >= 4 is 28.3 Å². The first-order chi connectivity index (χ1) is 16.0. The van der Waals surface area contributed by atoms with Crippen molar-refractivity contribution in [1.29, 1.82) is 0 Å². The van der Waals surface area contributed by atoms with E-state index in [4.69, 9.17) is 0 Å². The molecule has 5 heterocycles. The van der Waals surface area contributed by atoms with Gasteiger partial charge in [0.2, 0.25) is 0 Å². The molecule has 0 saturated heterocycles. The van der Waals surface area contributed by atoms with Crippen molar-refractivity contribution in [2.45, 2.75) is 10.1 Å². The highest BCUT2D eigenvalue weighted by atomic mass is 32.2. The van der Waals surface area contributed by atoms with Gasteiger partial charge < -0.3 is 0 Å². The quantitative estimate of drug-likeness (QED) is 0.392. The molecular weight excluding hydrogens is 439 g/mol. The van der Waals surface area contributed by atoms with Crippen LogP contribution in [0.4, 0.5) is 4.39 Å². The van der Waals surface area contributed by atoms with Crippen molar-refractivity contribution in [1.82, 2.24) is 39.1 Å². The molecule has 0 atom stereocenters. The van der Waals surface area contributed by atoms with Gasteiger partial charge in [0.1, 0.15) is 5.82 Å². The summed E-state index contributed by atoms with van der Waals surface area (Å²) in [5, 5.41) is 18.1. The van der Waals surface area contributed by atoms with Gasteiger partial charge in [0, 0.05) is 71.4 Å². The maximum atomic E-state index is 15.4. The Hall–Kier alpha value is -4.05. The number of aromatic nitrogens is 8. The van der Waals surface area contributed by atoms with Crippen LogP contribution in [0.25, 0.3) is 38.8 Å². The third-order valence-corrected chi connectivity index (χ3v) is 6.36. The standard InChI is InChI=1S/C23H17FN8S/c1-30-11-15(8-26-30)14-3-6-21-28-29-23(32(21)13-14)33-17-4-5-20-18(7-17)22(24)19(10-25-20)16-9-27-31(2)12-16/h3-13H,1-2H3. The molecule has 162 valence electrons. The molecule has 10 heteroatoms. The van der Waals surface area contributed by atoms with E-state index in [9.17, 15) is 0 Å². The molecule has 0 unspecified atom stereocenters. The lowest BCUT2D eigenvalue weighted by atomic mass is 10.1. The summed E-state index contributed by atoms with van der Waals surface area (Å²) >= 11 is 1.42. The van der Waals surface area contributed by atoms with Gasteiger partial charge in [-0.2, -0.15) is 10.2 Å². The Balaban J connectivity index is 1.39. The lowest BCUT2D eigenvalue weighted by Gasteiger charge is -2.07. The largest absolute Gasteiger partial charge is 0.277 e. The van der Waals surface area contributed by atoms with E-state index in [0.29, 0.717) is 27.2 Å². The Morgan fingerprint density at radius 1 is 0.818 bits per heavy atom. The molecule has 0 aliphatic heterocycles. The van der Waals surface area contributed by atoms with Crippen LogP contribution in [-0.2, 0) is 14.1 Å². The number of halogens is 1. The number of aryl methyl sites for hydroxylation is 2. The van der Waals surface area contributed by atoms with Crippen molar-refractivity contribution < 1.29 is 4.39 Å². The fraction of sp³-hybridized carbons (Fsp3) is 0.0870. The molecule has 33 heavy (non-hydrogen) atoms. The first-order valence-electron chi connectivity index (χ1n) is 10.1. The molecule has 1 aromatic carbocycles. The SMILES string of the molecule is Cn1cc(-c2ccc3nnc(Sc4ccc5ncc(-c6cnn(C)c6)c(F)c5c4)n3c2)cn1. The predicted molar refractivity (Wildman–Crippen MR) is 123 cm³/mol. The number of hydrogen-bond donors (Lipinski definition) is 0. The monoisotopic (exact) mass is 456 g/mol. The summed E-state index contributed by atoms with van der Waals surface area (Å²) in [7, 11) is 3.68. The first kappa shape index (κ1) is 19.6. The Morgan fingerprint density at radius 3 is 2.36 bits per heavy atom. The van der Waals surface area contributed by atoms with Gasteiger partial charge in [0.25, 0.3) is 0 Å². The average molecular weight is 457 g/mol. The second-order valence-corrected chi connectivity index (χ2v) is 8.74. The Morgan fingerprint density at radius 2 is 1.61 bits per heavy atom. The Labute approximate surface area is 191 Å². The zero-order valence-electron chi connectivity index (χ0n) is 17.7. The maximum Gasteiger partial charge on any atom is 0.200 e. The van der Waals surface area contributed by atoms with Gasteiger partial charge in [0.05, 0.1) is 17.9 Å². The van der Waals surface area contributed by atoms with Crippen LogP contribution in [0.1, 0.15) is 0 Å². The van der Waals surface area contributed by atoms with Crippen molar-refractivity contribution in [2.24, 2.45) is 14.1 Å². The second-order valence-electron chi connectivity index (χ2n) is 7.70. The van der Waals surface area contributed by atoms with Crippen LogP contribution in [0.15, 0.2) is 77.6 Å². The molecule has 6 rings (SSSR count). The van der Waals surface area contributed by atoms with E-state index in [1.165, 1.54) is 11.8 Å². The highest BCUT2D eigenvalue weighted by Gasteiger charge is 2.15. The van der Waals surface area contributed by atoms with Crippen LogP contribution in [0.3, 0.4) is 0 Å². The smallest absolute Gasteiger partial charge is 0.200 e. The molecule has 0 aliphatic carbocycles. The highest BCUT2D eigenvalue weighted by Crippen LogP contribution is 2.33. The molecule has 8 nitrogen and oxygen atoms in total. The summed E-state index contributed by atoms with van der Waals surface area (Å²) in [6.07, 6.45) is 10.7. The number of pyridine rings is 2. The van der Waals surface area contributed by atoms with E-state index in [1.807, 2.05) is 54.3 Å². The zero-order chi connectivity index (χ0) is 22.5. The second kappa shape index (κ2) is 7.52. The van der Waals surface area contributed by atoms with Crippen LogP contribution in [0, 0.1) is 5.82 Å². The van der Waals surface area contributed by atoms with Crippen LogP contribution in [0.2, 0.25) is 0 Å². The lowest BCUT2D eigenvalue weighted by molar-refractivity contribution is 0.641. The van der Waals surface area contributed by atoms with Crippen molar-refractivity contribution in [2.75, 3.05) is 0 Å². The first-order valence-corrected chi connectivity index (χ1v) is 11.0. The normalized spacial score (nSPS) is 11.6. The van der Waals surface area contributed by atoms with Gasteiger partial charge in [-0.05, 0) is 42.1 Å². The minimum Gasteiger partial charge on any atom is -0.277 e. The van der Waals surface area contributed by atoms with Crippen LogP contribution >= 0.6 is 11.8 Å². The van der Waals surface area contributed by atoms with Gasteiger partial charge in [-0.15, -0.1) is 10.2 Å². The van der Waals surface area contributed by atoms with Gasteiger partial charge in [-0.3, -0.25) is 18.7 Å². The molecule has 6 aromatic rings. The van der Waals surface area contributed by atoms with E-state index in [1.54, 1.807) is 41.1 Å². The van der Waals surface area contributed by atoms with Crippen molar-refractivity contribution in [3.8, 4) is 22.3 Å². The molecule has 0 amide bonds. The maximum absolute atomic E-state index is 15.4. The molecule has 0 bridgehead atoms. The molecular formula is C23H17FN8S. The highest BCUT2D eigenvalue weighted by molar-refractivity contribution is 7.99. The van der Waals surface area contributed by atoms with E-state index in [0.717, 1.165) is 21.7 Å². The summed E-state index contributed by atoms with van der Waals surface area (Å²) in [6.45, 7) is 0. The third kappa shape index (κ3) is 3.44. The molecule has 0 fully saturated rings. The fourth-order valence-electron chi connectivity index (χ4n) is 3.75. The number of nitrogens with zero attached hydrogens (tertiary/aromatic N) is 8. The van der Waals surface area contributed by atoms with Gasteiger partial charge in [0.15, 0.2) is 10.8 Å². The van der Waals surface area contributed by atoms with Crippen molar-refractivity contribution in [3.05, 3.63) is 73.3 Å². The summed E-state index contributed by atoms with van der Waals surface area (Å²) in [6, 6.07) is 9.44. The molecule has 0 spiro atoms. The van der Waals surface area contributed by atoms with E-state index < -0.39 is 0 Å². The van der Waals surface area contributed by atoms with E-state index >= 15 is 4.39 Å². The fourth-order valence-corrected chi connectivity index (χ4v) is 4.60. The number of rotatable bonds is 4. The van der Waals surface area contributed by atoms with Crippen LogP contribution in [0.5, 0.6) is 0 Å². The molecule has 0 saturated carbocycles. The van der Waals surface area contributed by atoms with E-state index in [2.05, 4.69) is 25.4 Å². The molecule has 0 radical (unpaired) electrons. The topological polar surface area (TPSA) is 78.7 Å². The summed E-state index contributed by atoms with van der Waals surface area (Å²) < 4.78 is 20.7. The van der Waals surface area contributed by atoms with Gasteiger partial charge >= 0.3 is 0 Å². The van der Waals surface area contributed by atoms with Gasteiger partial charge in [-0.1, -0.05) is 0 Å². The number of hydrogen-bond acceptors (Lipinski definition) is 6. The molecule has 0 aliphatic rings. The average Bonchev–Trinajstić information content (AvgIpc) is 3.55. The lowest BCUT2D eigenvalue weighted by Crippen LogP contribution is -1.91. The minimum atomic E-state index is -0.319.